The molecule has 11 heavy (non-hydrogen) atoms. The van der Waals surface area contributed by atoms with E-state index < -0.39 is 0 Å². The molecule has 0 unspecified atom stereocenters. The third-order valence-corrected chi connectivity index (χ3v) is 2.29. The molecule has 62 valence electrons. The largest absolute Gasteiger partial charge is 0.268 e. The monoisotopic (exact) mass is 216 g/mol. The van der Waals surface area contributed by atoms with Gasteiger partial charge in [-0.15, -0.1) is 0 Å². The topological polar surface area (TPSA) is 17.8 Å². The number of hydrogen-bond acceptors (Lipinski definition) is 1. The van der Waals surface area contributed by atoms with Crippen LogP contribution in [0.3, 0.4) is 0 Å². The van der Waals surface area contributed by atoms with Gasteiger partial charge in [-0.1, -0.05) is 13.8 Å². The third-order valence-electron chi connectivity index (χ3n) is 1.68. The zero-order valence-corrected chi connectivity index (χ0v) is 8.72. The molecule has 1 aromatic rings. The predicted molar refractivity (Wildman–Crippen MR) is 49.7 cm³/mol. The van der Waals surface area contributed by atoms with Crippen molar-refractivity contribution < 1.29 is 0 Å². The zero-order valence-electron chi connectivity index (χ0n) is 7.13. The maximum absolute atomic E-state index is 4.23. The molecule has 1 rings (SSSR count). The lowest BCUT2D eigenvalue weighted by Gasteiger charge is -2.07. The molecule has 3 heteroatoms. The van der Waals surface area contributed by atoms with Crippen LogP contribution in [0, 0.1) is 0 Å². The maximum atomic E-state index is 4.23. The third kappa shape index (κ3) is 1.64. The SMILES string of the molecule is CCn1ncc(Br)c1C(C)C. The van der Waals surface area contributed by atoms with Gasteiger partial charge in [0.1, 0.15) is 0 Å². The Morgan fingerprint density at radius 3 is 2.64 bits per heavy atom. The van der Waals surface area contributed by atoms with Gasteiger partial charge in [-0.25, -0.2) is 0 Å². The van der Waals surface area contributed by atoms with Gasteiger partial charge in [0, 0.05) is 6.54 Å². The van der Waals surface area contributed by atoms with Crippen molar-refractivity contribution >= 4 is 15.9 Å². The molecule has 1 aromatic heterocycles. The first-order valence-corrected chi connectivity index (χ1v) is 4.67. The van der Waals surface area contributed by atoms with Crippen LogP contribution in [-0.2, 0) is 6.54 Å². The Kier molecular flexibility index (Phi) is 2.71. The van der Waals surface area contributed by atoms with Gasteiger partial charge in [-0.2, -0.15) is 5.10 Å². The van der Waals surface area contributed by atoms with Crippen molar-refractivity contribution in [1.29, 1.82) is 0 Å². The quantitative estimate of drug-likeness (QED) is 0.744. The van der Waals surface area contributed by atoms with Gasteiger partial charge < -0.3 is 0 Å². The molecule has 0 saturated heterocycles. The number of rotatable bonds is 2. The summed E-state index contributed by atoms with van der Waals surface area (Å²) in [6, 6.07) is 0. The van der Waals surface area contributed by atoms with Crippen LogP contribution in [0.1, 0.15) is 32.4 Å². The van der Waals surface area contributed by atoms with Gasteiger partial charge in [0.15, 0.2) is 0 Å². The summed E-state index contributed by atoms with van der Waals surface area (Å²) in [4.78, 5) is 0. The number of hydrogen-bond donors (Lipinski definition) is 0. The minimum Gasteiger partial charge on any atom is -0.268 e. The Labute approximate surface area is 75.7 Å². The Hall–Kier alpha value is -0.310. The van der Waals surface area contributed by atoms with Gasteiger partial charge in [0.2, 0.25) is 0 Å². The van der Waals surface area contributed by atoms with Crippen LogP contribution in [0.5, 0.6) is 0 Å². The summed E-state index contributed by atoms with van der Waals surface area (Å²) >= 11 is 3.48. The van der Waals surface area contributed by atoms with Crippen molar-refractivity contribution in [3.8, 4) is 0 Å². The van der Waals surface area contributed by atoms with Crippen molar-refractivity contribution in [2.45, 2.75) is 33.2 Å². The summed E-state index contributed by atoms with van der Waals surface area (Å²) in [7, 11) is 0. The molecule has 0 aliphatic rings. The normalized spacial score (nSPS) is 11.0. The van der Waals surface area contributed by atoms with Gasteiger partial charge in [-0.3, -0.25) is 4.68 Å². The summed E-state index contributed by atoms with van der Waals surface area (Å²) in [5, 5.41) is 4.23. The summed E-state index contributed by atoms with van der Waals surface area (Å²) < 4.78 is 3.14. The van der Waals surface area contributed by atoms with E-state index in [4.69, 9.17) is 0 Å². The van der Waals surface area contributed by atoms with Crippen molar-refractivity contribution in [2.24, 2.45) is 0 Å². The van der Waals surface area contributed by atoms with Crippen LogP contribution in [0.15, 0.2) is 10.7 Å². The predicted octanol–water partition coefficient (Wildman–Crippen LogP) is 2.79. The fourth-order valence-electron chi connectivity index (χ4n) is 1.20. The number of aromatic nitrogens is 2. The molecule has 0 fully saturated rings. The summed E-state index contributed by atoms with van der Waals surface area (Å²) in [6.07, 6.45) is 1.86. The standard InChI is InChI=1S/C8H13BrN2/c1-4-11-8(6(2)3)7(9)5-10-11/h5-6H,4H2,1-3H3. The highest BCUT2D eigenvalue weighted by Crippen LogP contribution is 2.23. The summed E-state index contributed by atoms with van der Waals surface area (Å²) in [5.74, 6) is 0.534. The number of halogens is 1. The van der Waals surface area contributed by atoms with E-state index in [1.54, 1.807) is 0 Å². The molecule has 0 bridgehead atoms. The smallest absolute Gasteiger partial charge is 0.0635 e. The first kappa shape index (κ1) is 8.78. The Morgan fingerprint density at radius 2 is 2.27 bits per heavy atom. The van der Waals surface area contributed by atoms with Gasteiger partial charge in [0.25, 0.3) is 0 Å². The van der Waals surface area contributed by atoms with E-state index in [0.717, 1.165) is 11.0 Å². The average molecular weight is 217 g/mol. The Balaban J connectivity index is 3.07. The lowest BCUT2D eigenvalue weighted by Crippen LogP contribution is -2.03. The molecule has 1 heterocycles. The fourth-order valence-corrected chi connectivity index (χ4v) is 1.95. The zero-order chi connectivity index (χ0) is 8.43. The van der Waals surface area contributed by atoms with Crippen molar-refractivity contribution in [3.63, 3.8) is 0 Å². The first-order valence-electron chi connectivity index (χ1n) is 3.88. The fraction of sp³-hybridized carbons (Fsp3) is 0.625. The molecule has 0 aliphatic heterocycles. The van der Waals surface area contributed by atoms with Gasteiger partial charge in [-0.05, 0) is 28.8 Å². The molecule has 0 spiro atoms. The number of aryl methyl sites for hydroxylation is 1. The molecule has 0 N–H and O–H groups in total. The van der Waals surface area contributed by atoms with Gasteiger partial charge in [0.05, 0.1) is 16.4 Å². The average Bonchev–Trinajstić information content (AvgIpc) is 2.30. The first-order chi connectivity index (χ1) is 5.16. The molecular weight excluding hydrogens is 204 g/mol. The second-order valence-corrected chi connectivity index (χ2v) is 3.70. The highest BCUT2D eigenvalue weighted by molar-refractivity contribution is 9.10. The minimum atomic E-state index is 0.534. The van der Waals surface area contributed by atoms with Crippen LogP contribution < -0.4 is 0 Å². The van der Waals surface area contributed by atoms with Crippen molar-refractivity contribution in [2.75, 3.05) is 0 Å². The molecule has 0 radical (unpaired) electrons. The summed E-state index contributed by atoms with van der Waals surface area (Å²) in [6.45, 7) is 7.40. The molecule has 2 nitrogen and oxygen atoms in total. The molecule has 0 atom stereocenters. The van der Waals surface area contributed by atoms with Crippen LogP contribution in [0.2, 0.25) is 0 Å². The van der Waals surface area contributed by atoms with Crippen LogP contribution in [0.4, 0.5) is 0 Å². The van der Waals surface area contributed by atoms with Crippen LogP contribution in [-0.4, -0.2) is 9.78 Å². The minimum absolute atomic E-state index is 0.534. The Morgan fingerprint density at radius 1 is 1.64 bits per heavy atom. The van der Waals surface area contributed by atoms with Gasteiger partial charge >= 0.3 is 0 Å². The highest BCUT2D eigenvalue weighted by atomic mass is 79.9. The second kappa shape index (κ2) is 3.39. The van der Waals surface area contributed by atoms with Crippen molar-refractivity contribution in [1.82, 2.24) is 9.78 Å². The molecule has 0 saturated carbocycles. The van der Waals surface area contributed by atoms with Crippen molar-refractivity contribution in [3.05, 3.63) is 16.4 Å². The van der Waals surface area contributed by atoms with E-state index in [1.807, 2.05) is 10.9 Å². The maximum Gasteiger partial charge on any atom is 0.0635 e. The lowest BCUT2D eigenvalue weighted by molar-refractivity contribution is 0.597. The molecule has 0 aliphatic carbocycles. The van der Waals surface area contributed by atoms with E-state index in [9.17, 15) is 0 Å². The summed E-state index contributed by atoms with van der Waals surface area (Å²) in [5.41, 5.74) is 1.28. The highest BCUT2D eigenvalue weighted by Gasteiger charge is 2.10. The van der Waals surface area contributed by atoms with E-state index >= 15 is 0 Å². The van der Waals surface area contributed by atoms with E-state index in [2.05, 4.69) is 41.8 Å². The second-order valence-electron chi connectivity index (χ2n) is 2.85. The van der Waals surface area contributed by atoms with E-state index in [1.165, 1.54) is 5.69 Å². The molecule has 0 aromatic carbocycles. The lowest BCUT2D eigenvalue weighted by atomic mass is 10.1. The van der Waals surface area contributed by atoms with E-state index in [0.29, 0.717) is 5.92 Å². The number of nitrogens with zero attached hydrogens (tertiary/aromatic N) is 2. The van der Waals surface area contributed by atoms with E-state index in [-0.39, 0.29) is 0 Å². The molecule has 0 amide bonds. The van der Waals surface area contributed by atoms with Crippen LogP contribution in [0.25, 0.3) is 0 Å². The van der Waals surface area contributed by atoms with Crippen LogP contribution >= 0.6 is 15.9 Å². The Bertz CT molecular complexity index is 240. The molecular formula is C8H13BrN2.